The van der Waals surface area contributed by atoms with E-state index in [-0.39, 0.29) is 1.43 Å². The van der Waals surface area contributed by atoms with Crippen LogP contribution in [-0.4, -0.2) is 0 Å². The maximum Gasteiger partial charge on any atom is 0 e. The Morgan fingerprint density at radius 3 is 1.00 bits per heavy atom. The molecule has 0 bridgehead atoms. The van der Waals surface area contributed by atoms with E-state index in [1.165, 1.54) is 19.3 Å². The number of hydrogen-bond acceptors (Lipinski definition) is 0. The molecule has 0 amide bonds. The monoisotopic (exact) mass is 160 g/mol. The molecule has 0 aliphatic heterocycles. The van der Waals surface area contributed by atoms with E-state index >= 15 is 0 Å². The molecule has 0 fully saturated rings. The van der Waals surface area contributed by atoms with Crippen molar-refractivity contribution >= 4 is 0 Å². The van der Waals surface area contributed by atoms with Crippen LogP contribution in [0.1, 0.15) is 62.2 Å². The van der Waals surface area contributed by atoms with Crippen LogP contribution < -0.4 is 0 Å². The summed E-state index contributed by atoms with van der Waals surface area (Å²) in [5.74, 6) is 0. The highest BCUT2D eigenvalue weighted by atomic mass is 13.6. The Balaban J connectivity index is -0.0000000389. The summed E-state index contributed by atoms with van der Waals surface area (Å²) < 4.78 is 0. The highest BCUT2D eigenvalue weighted by Gasteiger charge is 1.56. The van der Waals surface area contributed by atoms with Gasteiger partial charge in [-0.3, -0.25) is 0 Å². The van der Waals surface area contributed by atoms with E-state index in [1.807, 2.05) is 26.0 Å². The molecular weight excluding hydrogens is 132 g/mol. The number of unbranched alkanes of at least 4 members (excludes halogenated alkanes) is 1. The Morgan fingerprint density at radius 1 is 0.818 bits per heavy atom. The van der Waals surface area contributed by atoms with Gasteiger partial charge in [-0.15, -0.1) is 0 Å². The lowest BCUT2D eigenvalue weighted by Crippen LogP contribution is -1.47. The van der Waals surface area contributed by atoms with Gasteiger partial charge in [0.05, 0.1) is 0 Å². The summed E-state index contributed by atoms with van der Waals surface area (Å²) in [5.41, 5.74) is 0. The lowest BCUT2D eigenvalue weighted by atomic mass is 10.4. The van der Waals surface area contributed by atoms with Gasteiger partial charge in [0.25, 0.3) is 0 Å². The van der Waals surface area contributed by atoms with Crippen molar-refractivity contribution in [1.82, 2.24) is 0 Å². The van der Waals surface area contributed by atoms with Gasteiger partial charge in [0.1, 0.15) is 0 Å². The van der Waals surface area contributed by atoms with Crippen LogP contribution in [0.5, 0.6) is 0 Å². The third-order valence-corrected chi connectivity index (χ3v) is 0.833. The second kappa shape index (κ2) is 33.1. The summed E-state index contributed by atoms with van der Waals surface area (Å²) in [4.78, 5) is 0. The molecule has 11 heavy (non-hydrogen) atoms. The van der Waals surface area contributed by atoms with E-state index in [0.717, 1.165) is 0 Å². The van der Waals surface area contributed by atoms with Crippen molar-refractivity contribution < 1.29 is 1.43 Å². The van der Waals surface area contributed by atoms with Gasteiger partial charge < -0.3 is 0 Å². The number of allylic oxidation sites excluding steroid dienone is 2. The second-order valence-electron chi connectivity index (χ2n) is 2.37. The first-order valence-electron chi connectivity index (χ1n) is 4.82. The molecule has 0 aromatic carbocycles. The predicted octanol–water partition coefficient (Wildman–Crippen LogP) is 5.05. The van der Waals surface area contributed by atoms with Gasteiger partial charge in [-0.1, -0.05) is 59.1 Å². The summed E-state index contributed by atoms with van der Waals surface area (Å²) >= 11 is 0. The van der Waals surface area contributed by atoms with Crippen LogP contribution in [0.4, 0.5) is 0 Å². The van der Waals surface area contributed by atoms with E-state index in [1.54, 1.807) is 0 Å². The van der Waals surface area contributed by atoms with Crippen molar-refractivity contribution in [2.45, 2.75) is 60.8 Å². The lowest BCUT2D eigenvalue weighted by molar-refractivity contribution is 0.886. The van der Waals surface area contributed by atoms with Crippen LogP contribution in [0, 0.1) is 0 Å². The Labute approximate surface area is 75.2 Å². The van der Waals surface area contributed by atoms with Gasteiger partial charge in [0, 0.05) is 1.43 Å². The minimum absolute atomic E-state index is 0. The molecule has 0 radical (unpaired) electrons. The third-order valence-electron chi connectivity index (χ3n) is 0.833. The largest absolute Gasteiger partial charge is 0.0919 e. The van der Waals surface area contributed by atoms with Gasteiger partial charge in [-0.05, 0) is 13.8 Å². The molecule has 0 aromatic rings. The van der Waals surface area contributed by atoms with Crippen molar-refractivity contribution in [3.05, 3.63) is 12.2 Å². The summed E-state index contributed by atoms with van der Waals surface area (Å²) in [6.07, 6.45) is 7.89. The normalized spacial score (nSPS) is 7.82. The average Bonchev–Trinajstić information content (AvgIpc) is 2.06. The van der Waals surface area contributed by atoms with Crippen LogP contribution in [-0.2, 0) is 0 Å². The zero-order valence-corrected chi connectivity index (χ0v) is 9.28. The van der Waals surface area contributed by atoms with E-state index < -0.39 is 0 Å². The molecule has 0 heteroatoms. The number of hydrogen-bond donors (Lipinski definition) is 0. The van der Waals surface area contributed by atoms with Crippen LogP contribution in [0.2, 0.25) is 0 Å². The van der Waals surface area contributed by atoms with E-state index in [2.05, 4.69) is 27.7 Å². The lowest BCUT2D eigenvalue weighted by Gasteiger charge is -1.68. The smallest absolute Gasteiger partial charge is 0 e. The zero-order valence-electron chi connectivity index (χ0n) is 9.28. The fourth-order valence-electron chi connectivity index (χ4n) is 0. The molecule has 0 atom stereocenters. The van der Waals surface area contributed by atoms with Crippen molar-refractivity contribution in [3.8, 4) is 0 Å². The van der Waals surface area contributed by atoms with Crippen LogP contribution in [0.15, 0.2) is 12.2 Å². The molecule has 0 aliphatic carbocycles. The maximum atomic E-state index is 2.18. The molecule has 0 nitrogen and oxygen atoms in total. The summed E-state index contributed by atoms with van der Waals surface area (Å²) in [6.45, 7) is 12.6. The summed E-state index contributed by atoms with van der Waals surface area (Å²) in [6, 6.07) is 0. The van der Waals surface area contributed by atoms with E-state index in [4.69, 9.17) is 0 Å². The Hall–Kier alpha value is -0.260. The van der Waals surface area contributed by atoms with Crippen molar-refractivity contribution in [2.24, 2.45) is 0 Å². The standard InChI is InChI=1S/C4H10.C4H8.C3H8.H2/c2*1-3-4-2;1-3-2;/h3-4H2,1-2H3;3-4H,1-2H3;3H2,1-2H3;1H. The van der Waals surface area contributed by atoms with Gasteiger partial charge in [0.15, 0.2) is 0 Å². The Kier molecular flexibility index (Phi) is 51.2. The Morgan fingerprint density at radius 2 is 1.00 bits per heavy atom. The van der Waals surface area contributed by atoms with Crippen molar-refractivity contribution in [1.29, 1.82) is 0 Å². The maximum absolute atomic E-state index is 2.18. The predicted molar refractivity (Wildman–Crippen MR) is 59.1 cm³/mol. The average molecular weight is 160 g/mol. The topological polar surface area (TPSA) is 0 Å². The molecule has 0 saturated carbocycles. The van der Waals surface area contributed by atoms with Gasteiger partial charge in [0.2, 0.25) is 0 Å². The summed E-state index contributed by atoms with van der Waals surface area (Å²) in [7, 11) is 0. The van der Waals surface area contributed by atoms with Crippen LogP contribution in [0.25, 0.3) is 0 Å². The van der Waals surface area contributed by atoms with Crippen LogP contribution >= 0.6 is 0 Å². The van der Waals surface area contributed by atoms with Crippen molar-refractivity contribution in [3.63, 3.8) is 0 Å². The van der Waals surface area contributed by atoms with Crippen LogP contribution in [0.3, 0.4) is 0 Å². The molecule has 0 rings (SSSR count). The van der Waals surface area contributed by atoms with Crippen molar-refractivity contribution in [2.75, 3.05) is 0 Å². The Bertz CT molecular complexity index is 43.0. The summed E-state index contributed by atoms with van der Waals surface area (Å²) in [5, 5.41) is 0. The minimum Gasteiger partial charge on any atom is -0.0919 e. The first kappa shape index (κ1) is 17.0. The SMILES string of the molecule is CC=CC.CCC.CCCC.[HH]. The fraction of sp³-hybridized carbons (Fsp3) is 0.818. The minimum atomic E-state index is 0. The van der Waals surface area contributed by atoms with E-state index in [9.17, 15) is 0 Å². The number of rotatable bonds is 1. The first-order valence-corrected chi connectivity index (χ1v) is 4.82. The molecule has 72 valence electrons. The van der Waals surface area contributed by atoms with Gasteiger partial charge in [-0.2, -0.15) is 0 Å². The highest BCUT2D eigenvalue weighted by Crippen LogP contribution is 1.76. The fourth-order valence-corrected chi connectivity index (χ4v) is 0. The molecule has 0 N–H and O–H groups in total. The molecule has 0 aromatic heterocycles. The quantitative estimate of drug-likeness (QED) is 0.471. The molecule has 0 saturated heterocycles. The molecule has 0 heterocycles. The molecule has 0 spiro atoms. The molecular formula is C11H28. The molecule has 0 unspecified atom stereocenters. The zero-order chi connectivity index (χ0) is 9.54. The highest BCUT2D eigenvalue weighted by molar-refractivity contribution is 4.68. The second-order valence-corrected chi connectivity index (χ2v) is 2.37. The van der Waals surface area contributed by atoms with Gasteiger partial charge >= 0.3 is 0 Å². The van der Waals surface area contributed by atoms with Gasteiger partial charge in [-0.25, -0.2) is 0 Å². The molecule has 0 aliphatic rings. The van der Waals surface area contributed by atoms with E-state index in [0.29, 0.717) is 0 Å². The third kappa shape index (κ3) is 193. The first-order chi connectivity index (χ1) is 5.24.